The molecular weight excluding hydrogens is 310 g/mol. The van der Waals surface area contributed by atoms with Crippen LogP contribution in [0.1, 0.15) is 36.4 Å². The number of piperazine rings is 1. The Morgan fingerprint density at radius 1 is 1.24 bits per heavy atom. The van der Waals surface area contributed by atoms with Crippen molar-refractivity contribution in [3.8, 4) is 0 Å². The molecule has 0 radical (unpaired) electrons. The normalized spacial score (nSPS) is 20.3. The van der Waals surface area contributed by atoms with Crippen LogP contribution in [0.3, 0.4) is 0 Å². The first-order valence-corrected chi connectivity index (χ1v) is 7.45. The molecule has 0 bridgehead atoms. The highest BCUT2D eigenvalue weighted by molar-refractivity contribution is 5.85. The molecule has 120 valence electrons. The third-order valence-corrected chi connectivity index (χ3v) is 4.43. The maximum Gasteiger partial charge on any atom is 0.126 e. The zero-order valence-corrected chi connectivity index (χ0v) is 14.1. The van der Waals surface area contributed by atoms with Gasteiger partial charge in [0.15, 0.2) is 0 Å². The van der Waals surface area contributed by atoms with Crippen molar-refractivity contribution in [3.63, 3.8) is 0 Å². The van der Waals surface area contributed by atoms with Gasteiger partial charge in [0.2, 0.25) is 0 Å². The van der Waals surface area contributed by atoms with Gasteiger partial charge in [-0.1, -0.05) is 25.0 Å². The highest BCUT2D eigenvalue weighted by Crippen LogP contribution is 2.40. The summed E-state index contributed by atoms with van der Waals surface area (Å²) in [6.07, 6.45) is 3.91. The largest absolute Gasteiger partial charge is 0.314 e. The van der Waals surface area contributed by atoms with E-state index >= 15 is 0 Å². The van der Waals surface area contributed by atoms with E-state index in [2.05, 4.69) is 16.3 Å². The Kier molecular flexibility index (Phi) is 7.41. The van der Waals surface area contributed by atoms with E-state index in [1.165, 1.54) is 19.3 Å². The van der Waals surface area contributed by atoms with Crippen molar-refractivity contribution in [2.45, 2.75) is 32.2 Å². The van der Waals surface area contributed by atoms with Crippen LogP contribution in [0.2, 0.25) is 0 Å². The predicted octanol–water partition coefficient (Wildman–Crippen LogP) is 3.72. The topological polar surface area (TPSA) is 15.3 Å². The average molecular weight is 335 g/mol. The lowest BCUT2D eigenvalue weighted by Crippen LogP contribution is -2.45. The summed E-state index contributed by atoms with van der Waals surface area (Å²) in [5.74, 6) is 0.803. The zero-order chi connectivity index (χ0) is 13.2. The first-order valence-electron chi connectivity index (χ1n) is 7.45. The molecule has 1 atom stereocenters. The Balaban J connectivity index is 0.00000110. The number of nitrogens with one attached hydrogen (secondary N) is 1. The van der Waals surface area contributed by atoms with E-state index in [-0.39, 0.29) is 30.6 Å². The van der Waals surface area contributed by atoms with Gasteiger partial charge in [-0.2, -0.15) is 0 Å². The molecule has 1 N–H and O–H groups in total. The molecule has 3 rings (SSSR count). The molecule has 21 heavy (non-hydrogen) atoms. The monoisotopic (exact) mass is 334 g/mol. The van der Waals surface area contributed by atoms with Crippen LogP contribution in [-0.2, 0) is 0 Å². The molecule has 0 spiro atoms. The van der Waals surface area contributed by atoms with E-state index < -0.39 is 0 Å². The zero-order valence-electron chi connectivity index (χ0n) is 12.5. The molecule has 1 heterocycles. The fourth-order valence-corrected chi connectivity index (χ4v) is 2.98. The standard InChI is InChI=1S/C16H23FN2.2ClH/c1-12-2-5-14(11-15(12)17)16(10-13-3-4-13)19-8-6-18-7-9-19;;/h2,5,11,13,16,18H,3-4,6-10H2,1H3;2*1H/t16-;;/m0../s1. The van der Waals surface area contributed by atoms with Gasteiger partial charge in [-0.3, -0.25) is 4.90 Å². The Labute approximate surface area is 139 Å². The molecule has 1 aliphatic heterocycles. The van der Waals surface area contributed by atoms with Gasteiger partial charge in [-0.25, -0.2) is 4.39 Å². The smallest absolute Gasteiger partial charge is 0.126 e. The SMILES string of the molecule is Cc1ccc([C@H](CC2CC2)N2CCNCC2)cc1F.Cl.Cl. The summed E-state index contributed by atoms with van der Waals surface area (Å²) in [4.78, 5) is 2.53. The van der Waals surface area contributed by atoms with Crippen molar-refractivity contribution < 1.29 is 4.39 Å². The number of halogens is 3. The molecule has 0 aromatic heterocycles. The molecule has 5 heteroatoms. The van der Waals surface area contributed by atoms with Crippen LogP contribution >= 0.6 is 24.8 Å². The second-order valence-corrected chi connectivity index (χ2v) is 5.99. The van der Waals surface area contributed by atoms with E-state index in [1.807, 2.05) is 13.0 Å². The van der Waals surface area contributed by atoms with E-state index in [0.29, 0.717) is 6.04 Å². The molecular formula is C16H25Cl2FN2. The van der Waals surface area contributed by atoms with Crippen molar-refractivity contribution in [2.75, 3.05) is 26.2 Å². The van der Waals surface area contributed by atoms with E-state index in [9.17, 15) is 4.39 Å². The maximum absolute atomic E-state index is 13.8. The maximum atomic E-state index is 13.8. The lowest BCUT2D eigenvalue weighted by molar-refractivity contribution is 0.160. The molecule has 1 saturated heterocycles. The molecule has 0 amide bonds. The lowest BCUT2D eigenvalue weighted by Gasteiger charge is -2.35. The molecule has 1 saturated carbocycles. The highest BCUT2D eigenvalue weighted by Gasteiger charge is 2.30. The van der Waals surface area contributed by atoms with Crippen molar-refractivity contribution >= 4 is 24.8 Å². The van der Waals surface area contributed by atoms with Gasteiger partial charge < -0.3 is 5.32 Å². The van der Waals surface area contributed by atoms with Crippen LogP contribution in [0.15, 0.2) is 18.2 Å². The molecule has 1 aliphatic carbocycles. The second-order valence-electron chi connectivity index (χ2n) is 5.99. The second kappa shape index (κ2) is 8.33. The summed E-state index contributed by atoms with van der Waals surface area (Å²) >= 11 is 0. The van der Waals surface area contributed by atoms with Crippen molar-refractivity contribution in [1.29, 1.82) is 0 Å². The molecule has 1 aromatic carbocycles. The van der Waals surface area contributed by atoms with Gasteiger partial charge in [0.1, 0.15) is 5.82 Å². The third kappa shape index (κ3) is 4.82. The number of hydrogen-bond acceptors (Lipinski definition) is 2. The number of hydrogen-bond donors (Lipinski definition) is 1. The minimum atomic E-state index is -0.0616. The van der Waals surface area contributed by atoms with Crippen LogP contribution < -0.4 is 5.32 Å². The summed E-state index contributed by atoms with van der Waals surface area (Å²) in [6.45, 7) is 6.09. The molecule has 2 nitrogen and oxygen atoms in total. The molecule has 2 fully saturated rings. The quantitative estimate of drug-likeness (QED) is 0.902. The average Bonchev–Trinajstić information content (AvgIpc) is 3.24. The van der Waals surface area contributed by atoms with Crippen molar-refractivity contribution in [3.05, 3.63) is 35.1 Å². The van der Waals surface area contributed by atoms with Gasteiger partial charge in [-0.05, 0) is 36.5 Å². The summed E-state index contributed by atoms with van der Waals surface area (Å²) in [5, 5.41) is 3.39. The Morgan fingerprint density at radius 3 is 2.48 bits per heavy atom. The number of aryl methyl sites for hydroxylation is 1. The molecule has 0 unspecified atom stereocenters. The number of benzene rings is 1. The van der Waals surface area contributed by atoms with E-state index in [4.69, 9.17) is 0 Å². The Morgan fingerprint density at radius 2 is 1.90 bits per heavy atom. The van der Waals surface area contributed by atoms with E-state index in [0.717, 1.165) is 43.2 Å². The summed E-state index contributed by atoms with van der Waals surface area (Å²) in [6, 6.07) is 6.20. The molecule has 2 aliphatic rings. The van der Waals surface area contributed by atoms with Gasteiger partial charge in [0.25, 0.3) is 0 Å². The first-order chi connectivity index (χ1) is 9.24. The van der Waals surface area contributed by atoms with Gasteiger partial charge >= 0.3 is 0 Å². The summed E-state index contributed by atoms with van der Waals surface area (Å²) in [7, 11) is 0. The Bertz CT molecular complexity index is 446. The van der Waals surface area contributed by atoms with Gasteiger partial charge in [-0.15, -0.1) is 24.8 Å². The van der Waals surface area contributed by atoms with Crippen LogP contribution in [0, 0.1) is 18.7 Å². The summed E-state index contributed by atoms with van der Waals surface area (Å²) < 4.78 is 13.8. The molecule has 1 aromatic rings. The van der Waals surface area contributed by atoms with E-state index in [1.54, 1.807) is 6.07 Å². The van der Waals surface area contributed by atoms with Gasteiger partial charge in [0, 0.05) is 32.2 Å². The Hall–Kier alpha value is -0.350. The first kappa shape index (κ1) is 18.7. The van der Waals surface area contributed by atoms with Gasteiger partial charge in [0.05, 0.1) is 0 Å². The minimum Gasteiger partial charge on any atom is -0.314 e. The van der Waals surface area contributed by atoms with Crippen LogP contribution in [-0.4, -0.2) is 31.1 Å². The number of rotatable bonds is 4. The lowest BCUT2D eigenvalue weighted by atomic mass is 9.97. The van der Waals surface area contributed by atoms with Crippen LogP contribution in [0.5, 0.6) is 0 Å². The highest BCUT2D eigenvalue weighted by atomic mass is 35.5. The minimum absolute atomic E-state index is 0. The van der Waals surface area contributed by atoms with Crippen molar-refractivity contribution in [1.82, 2.24) is 10.2 Å². The predicted molar refractivity (Wildman–Crippen MR) is 90.2 cm³/mol. The van der Waals surface area contributed by atoms with Crippen LogP contribution in [0.25, 0.3) is 0 Å². The fourth-order valence-electron chi connectivity index (χ4n) is 2.98. The number of nitrogens with zero attached hydrogens (tertiary/aromatic N) is 1. The summed E-state index contributed by atoms with van der Waals surface area (Å²) in [5.41, 5.74) is 1.91. The fraction of sp³-hybridized carbons (Fsp3) is 0.625. The van der Waals surface area contributed by atoms with Crippen molar-refractivity contribution in [2.24, 2.45) is 5.92 Å². The van der Waals surface area contributed by atoms with Crippen LogP contribution in [0.4, 0.5) is 4.39 Å². The third-order valence-electron chi connectivity index (χ3n) is 4.43.